The highest BCUT2D eigenvalue weighted by atomic mass is 16.5. The molecular weight excluding hydrogens is 214 g/mol. The summed E-state index contributed by atoms with van der Waals surface area (Å²) in [7, 11) is 0. The normalized spacial score (nSPS) is 25.5. The molecular formula is C14H19NO2. The van der Waals surface area contributed by atoms with Crippen LogP contribution in [0.2, 0.25) is 0 Å². The highest BCUT2D eigenvalue weighted by Crippen LogP contribution is 2.27. The van der Waals surface area contributed by atoms with Gasteiger partial charge < -0.3 is 4.74 Å². The number of rotatable bonds is 1. The number of ether oxygens (including phenoxy) is 1. The molecule has 1 heterocycles. The lowest BCUT2D eigenvalue weighted by atomic mass is 9.85. The van der Waals surface area contributed by atoms with Gasteiger partial charge >= 0.3 is 5.97 Å². The lowest BCUT2D eigenvalue weighted by Crippen LogP contribution is -2.53. The van der Waals surface area contributed by atoms with Crippen LogP contribution in [0.15, 0.2) is 30.3 Å². The first-order valence-electron chi connectivity index (χ1n) is 5.96. The van der Waals surface area contributed by atoms with Gasteiger partial charge in [0.25, 0.3) is 0 Å². The Labute approximate surface area is 102 Å². The lowest BCUT2D eigenvalue weighted by Gasteiger charge is -2.37. The lowest BCUT2D eigenvalue weighted by molar-refractivity contribution is -0.155. The maximum Gasteiger partial charge on any atom is 0.323 e. The van der Waals surface area contributed by atoms with E-state index in [9.17, 15) is 4.79 Å². The third kappa shape index (κ3) is 2.67. The molecule has 3 nitrogen and oxygen atoms in total. The average molecular weight is 233 g/mol. The second-order valence-electron chi connectivity index (χ2n) is 5.56. The predicted molar refractivity (Wildman–Crippen MR) is 66.5 cm³/mol. The van der Waals surface area contributed by atoms with Crippen molar-refractivity contribution in [3.05, 3.63) is 35.9 Å². The molecule has 1 aromatic carbocycles. The topological polar surface area (TPSA) is 38.3 Å². The molecule has 1 aliphatic rings. The van der Waals surface area contributed by atoms with Crippen LogP contribution in [0.4, 0.5) is 0 Å². The molecule has 0 saturated carbocycles. The van der Waals surface area contributed by atoms with Crippen molar-refractivity contribution in [1.82, 2.24) is 5.32 Å². The van der Waals surface area contributed by atoms with Crippen LogP contribution < -0.4 is 5.32 Å². The van der Waals surface area contributed by atoms with Gasteiger partial charge in [-0.2, -0.15) is 0 Å². The van der Waals surface area contributed by atoms with E-state index in [1.807, 2.05) is 39.0 Å². The molecule has 1 aromatic rings. The second kappa shape index (κ2) is 4.49. The molecule has 0 spiro atoms. The molecule has 1 fully saturated rings. The Kier molecular flexibility index (Phi) is 3.20. The molecule has 1 N–H and O–H groups in total. The van der Waals surface area contributed by atoms with Gasteiger partial charge in [-0.1, -0.05) is 51.1 Å². The number of cyclic esters (lactones) is 1. The molecule has 0 radical (unpaired) electrons. The molecule has 0 unspecified atom stereocenters. The van der Waals surface area contributed by atoms with Crippen molar-refractivity contribution >= 4 is 5.97 Å². The number of morpholine rings is 1. The van der Waals surface area contributed by atoms with Crippen LogP contribution in [0.1, 0.15) is 32.4 Å². The van der Waals surface area contributed by atoms with Crippen LogP contribution in [0.5, 0.6) is 0 Å². The third-order valence-corrected chi connectivity index (χ3v) is 3.06. The molecule has 92 valence electrons. The van der Waals surface area contributed by atoms with E-state index in [1.54, 1.807) is 0 Å². The fourth-order valence-electron chi connectivity index (χ4n) is 2.05. The van der Waals surface area contributed by atoms with E-state index in [4.69, 9.17) is 4.74 Å². The number of benzene rings is 1. The summed E-state index contributed by atoms with van der Waals surface area (Å²) >= 11 is 0. The maximum atomic E-state index is 11.7. The Morgan fingerprint density at radius 2 is 1.88 bits per heavy atom. The van der Waals surface area contributed by atoms with Gasteiger partial charge in [0.15, 0.2) is 0 Å². The number of hydrogen-bond acceptors (Lipinski definition) is 3. The van der Waals surface area contributed by atoms with E-state index in [-0.39, 0.29) is 23.5 Å². The Bertz CT molecular complexity index is 394. The van der Waals surface area contributed by atoms with Gasteiger partial charge in [-0.05, 0) is 11.0 Å². The van der Waals surface area contributed by atoms with Crippen molar-refractivity contribution in [2.24, 2.45) is 5.41 Å². The number of carbonyl (C=O) groups is 1. The third-order valence-electron chi connectivity index (χ3n) is 3.06. The van der Waals surface area contributed by atoms with Gasteiger partial charge in [0.1, 0.15) is 12.6 Å². The van der Waals surface area contributed by atoms with Gasteiger partial charge in [0.05, 0.1) is 6.04 Å². The smallest absolute Gasteiger partial charge is 0.323 e. The van der Waals surface area contributed by atoms with Crippen molar-refractivity contribution < 1.29 is 9.53 Å². The predicted octanol–water partition coefficient (Wildman–Crippen LogP) is 2.29. The van der Waals surface area contributed by atoms with Crippen molar-refractivity contribution in [3.8, 4) is 0 Å². The van der Waals surface area contributed by atoms with Crippen LogP contribution in [0, 0.1) is 5.41 Å². The van der Waals surface area contributed by atoms with Gasteiger partial charge in [-0.15, -0.1) is 0 Å². The minimum atomic E-state index is -0.249. The minimum absolute atomic E-state index is 0.0955. The second-order valence-corrected chi connectivity index (χ2v) is 5.56. The molecule has 3 heteroatoms. The van der Waals surface area contributed by atoms with Crippen LogP contribution in [-0.4, -0.2) is 18.6 Å². The first-order valence-corrected chi connectivity index (χ1v) is 5.96. The fraction of sp³-hybridized carbons (Fsp3) is 0.500. The summed E-state index contributed by atoms with van der Waals surface area (Å²) in [5, 5.41) is 3.38. The largest absolute Gasteiger partial charge is 0.462 e. The summed E-state index contributed by atoms with van der Waals surface area (Å²) < 4.78 is 5.28. The molecule has 2 rings (SSSR count). The fourth-order valence-corrected chi connectivity index (χ4v) is 2.05. The molecule has 1 aliphatic heterocycles. The quantitative estimate of drug-likeness (QED) is 0.756. The van der Waals surface area contributed by atoms with Crippen molar-refractivity contribution in [1.29, 1.82) is 0 Å². The molecule has 17 heavy (non-hydrogen) atoms. The highest BCUT2D eigenvalue weighted by Gasteiger charge is 2.38. The number of esters is 1. The van der Waals surface area contributed by atoms with E-state index in [2.05, 4.69) is 17.4 Å². The van der Waals surface area contributed by atoms with E-state index in [0.29, 0.717) is 6.61 Å². The zero-order chi connectivity index (χ0) is 12.5. The molecule has 0 aromatic heterocycles. The first-order chi connectivity index (χ1) is 7.98. The first kappa shape index (κ1) is 12.1. The Balaban J connectivity index is 2.16. The summed E-state index contributed by atoms with van der Waals surface area (Å²) in [6, 6.07) is 9.94. The van der Waals surface area contributed by atoms with E-state index in [0.717, 1.165) is 5.56 Å². The van der Waals surface area contributed by atoms with Gasteiger partial charge in [-0.3, -0.25) is 10.1 Å². The monoisotopic (exact) mass is 233 g/mol. The van der Waals surface area contributed by atoms with Crippen LogP contribution in [-0.2, 0) is 9.53 Å². The Hall–Kier alpha value is -1.35. The standard InChI is InChI=1S/C14H19NO2/c1-14(2,3)12-13(16)17-9-11(15-12)10-7-5-4-6-8-10/h4-8,11-12,15H,9H2,1-3H3/t11-,12+/m0/s1. The van der Waals surface area contributed by atoms with Crippen molar-refractivity contribution in [2.75, 3.05) is 6.61 Å². The van der Waals surface area contributed by atoms with Gasteiger partial charge in [0.2, 0.25) is 0 Å². The maximum absolute atomic E-state index is 11.7. The number of hydrogen-bond donors (Lipinski definition) is 1. The van der Waals surface area contributed by atoms with Crippen molar-refractivity contribution in [3.63, 3.8) is 0 Å². The number of carbonyl (C=O) groups excluding carboxylic acids is 1. The van der Waals surface area contributed by atoms with Crippen LogP contribution in [0.25, 0.3) is 0 Å². The van der Waals surface area contributed by atoms with Gasteiger partial charge in [0, 0.05) is 0 Å². The summed E-state index contributed by atoms with van der Waals surface area (Å²) in [6.07, 6.45) is 0. The zero-order valence-corrected chi connectivity index (χ0v) is 10.6. The minimum Gasteiger partial charge on any atom is -0.462 e. The van der Waals surface area contributed by atoms with Crippen LogP contribution >= 0.6 is 0 Å². The summed E-state index contributed by atoms with van der Waals surface area (Å²) in [5.41, 5.74) is 1.03. The molecule has 0 amide bonds. The summed E-state index contributed by atoms with van der Waals surface area (Å²) in [6.45, 7) is 6.54. The summed E-state index contributed by atoms with van der Waals surface area (Å²) in [5.74, 6) is -0.148. The van der Waals surface area contributed by atoms with Gasteiger partial charge in [-0.25, -0.2) is 0 Å². The van der Waals surface area contributed by atoms with E-state index >= 15 is 0 Å². The average Bonchev–Trinajstić information content (AvgIpc) is 2.29. The van der Waals surface area contributed by atoms with E-state index < -0.39 is 0 Å². The summed E-state index contributed by atoms with van der Waals surface area (Å²) in [4.78, 5) is 11.7. The van der Waals surface area contributed by atoms with E-state index in [1.165, 1.54) is 0 Å². The SMILES string of the molecule is CC(C)(C)[C@@H]1N[C@H](c2ccccc2)COC1=O. The highest BCUT2D eigenvalue weighted by molar-refractivity contribution is 5.77. The Morgan fingerprint density at radius 3 is 2.47 bits per heavy atom. The molecule has 0 bridgehead atoms. The van der Waals surface area contributed by atoms with Crippen molar-refractivity contribution in [2.45, 2.75) is 32.9 Å². The molecule has 0 aliphatic carbocycles. The Morgan fingerprint density at radius 1 is 1.24 bits per heavy atom. The number of nitrogens with one attached hydrogen (secondary N) is 1. The van der Waals surface area contributed by atoms with Crippen LogP contribution in [0.3, 0.4) is 0 Å². The molecule has 1 saturated heterocycles. The molecule has 2 atom stereocenters. The zero-order valence-electron chi connectivity index (χ0n) is 10.6.